The summed E-state index contributed by atoms with van der Waals surface area (Å²) >= 11 is 2.91. The predicted molar refractivity (Wildman–Crippen MR) is 214 cm³/mol. The number of H-pyrrole nitrogens is 1. The van der Waals surface area contributed by atoms with Crippen LogP contribution in [0.25, 0.3) is 43.2 Å². The summed E-state index contributed by atoms with van der Waals surface area (Å²) in [4.78, 5) is 37.5. The van der Waals surface area contributed by atoms with Crippen LogP contribution in [0.3, 0.4) is 0 Å². The van der Waals surface area contributed by atoms with Crippen molar-refractivity contribution in [3.63, 3.8) is 0 Å². The van der Waals surface area contributed by atoms with Gasteiger partial charge >= 0.3 is 0 Å². The maximum atomic E-state index is 6.00. The molecule has 0 amide bonds. The van der Waals surface area contributed by atoms with Crippen molar-refractivity contribution in [1.29, 1.82) is 0 Å². The Hall–Kier alpha value is -5.74. The molecular weight excluding hydrogens is 719 g/mol. The summed E-state index contributed by atoms with van der Waals surface area (Å²) in [5.74, 6) is 1.31. The smallest absolute Gasteiger partial charge is 0.198 e. The third-order valence-electron chi connectivity index (χ3n) is 8.37. The molecule has 0 saturated carbocycles. The molecule has 8 aromatic heterocycles. The first-order valence-corrected chi connectivity index (χ1v) is 19.1. The molecule has 13 nitrogen and oxygen atoms in total. The van der Waals surface area contributed by atoms with Crippen LogP contribution in [0.5, 0.6) is 0 Å². The largest absolute Gasteiger partial charge is 0.374 e. The van der Waals surface area contributed by atoms with Crippen LogP contribution >= 0.6 is 22.7 Å². The van der Waals surface area contributed by atoms with E-state index in [0.29, 0.717) is 45.5 Å². The van der Waals surface area contributed by atoms with E-state index in [1.165, 1.54) is 22.7 Å². The highest BCUT2D eigenvalue weighted by Gasteiger charge is 2.26. The number of nitrogens with one attached hydrogen (secondary N) is 2. The lowest BCUT2D eigenvalue weighted by Crippen LogP contribution is -2.13. The molecule has 272 valence electrons. The SMILES string of the molecule is Cc1[nH]ncc1-c1cc(N(c2cc(COC(C)C)ccn2)c2nc3ccc(-c4ccncc4)nc3s2)c2nc(Nc3cc(COC(C)C)ccn3)sc2n1. The molecule has 8 aromatic rings. The van der Waals surface area contributed by atoms with Crippen LogP contribution in [0.2, 0.25) is 0 Å². The van der Waals surface area contributed by atoms with Gasteiger partial charge in [0.05, 0.1) is 48.7 Å². The van der Waals surface area contributed by atoms with Crippen LogP contribution in [0, 0.1) is 6.92 Å². The Morgan fingerprint density at radius 3 is 2.24 bits per heavy atom. The van der Waals surface area contributed by atoms with E-state index < -0.39 is 0 Å². The molecule has 0 aliphatic heterocycles. The fourth-order valence-corrected chi connectivity index (χ4v) is 7.54. The highest BCUT2D eigenvalue weighted by atomic mass is 32.1. The molecular formula is C39H37N11O2S2. The van der Waals surface area contributed by atoms with E-state index in [1.807, 2.05) is 94.1 Å². The molecule has 0 radical (unpaired) electrons. The lowest BCUT2D eigenvalue weighted by Gasteiger charge is -2.22. The first kappa shape index (κ1) is 35.3. The number of thiazole rings is 2. The molecule has 0 bridgehead atoms. The molecule has 15 heteroatoms. The molecule has 0 unspecified atom stereocenters. The minimum atomic E-state index is 0.0714. The van der Waals surface area contributed by atoms with Crippen LogP contribution in [-0.4, -0.2) is 57.3 Å². The van der Waals surface area contributed by atoms with Crippen molar-refractivity contribution in [2.45, 2.75) is 60.0 Å². The molecule has 0 spiro atoms. The standard InChI is InChI=1S/C39H37N11O2S2/c1-22(2)51-20-25-8-14-41-33(16-25)47-38-48-35-32(18-31(45-37(35)53-38)28-19-43-49-24(28)5)50(34-17-26(9-15-42-34)21-52-23(3)4)39-46-30-7-6-29(44-36(30)54-39)27-10-12-40-13-11-27/h6-19,22-23H,20-21H2,1-5H3,(H,43,49)(H,41,47,48). The second kappa shape index (κ2) is 15.3. The van der Waals surface area contributed by atoms with E-state index in [4.69, 9.17) is 34.4 Å². The summed E-state index contributed by atoms with van der Waals surface area (Å²) in [5, 5.41) is 12.1. The molecule has 0 aliphatic rings. The number of aromatic amines is 1. The van der Waals surface area contributed by atoms with Gasteiger partial charge in [-0.3, -0.25) is 15.0 Å². The average Bonchev–Trinajstić information content (AvgIpc) is 3.91. The maximum Gasteiger partial charge on any atom is 0.198 e. The lowest BCUT2D eigenvalue weighted by molar-refractivity contribution is 0.0655. The third kappa shape index (κ3) is 7.66. The minimum absolute atomic E-state index is 0.0714. The van der Waals surface area contributed by atoms with E-state index in [0.717, 1.165) is 55.4 Å². The van der Waals surface area contributed by atoms with Crippen LogP contribution in [0.15, 0.2) is 85.6 Å². The van der Waals surface area contributed by atoms with Gasteiger partial charge in [0.15, 0.2) is 10.3 Å². The van der Waals surface area contributed by atoms with E-state index >= 15 is 0 Å². The van der Waals surface area contributed by atoms with Gasteiger partial charge in [0.1, 0.15) is 32.3 Å². The minimum Gasteiger partial charge on any atom is -0.374 e. The quantitative estimate of drug-likeness (QED) is 0.115. The molecule has 8 rings (SSSR count). The Morgan fingerprint density at radius 1 is 0.759 bits per heavy atom. The van der Waals surface area contributed by atoms with Gasteiger partial charge in [-0.15, -0.1) is 0 Å². The third-order valence-corrected chi connectivity index (χ3v) is 10.2. The zero-order valence-corrected chi connectivity index (χ0v) is 31.9. The van der Waals surface area contributed by atoms with Crippen LogP contribution in [-0.2, 0) is 22.7 Å². The van der Waals surface area contributed by atoms with E-state index in [-0.39, 0.29) is 12.2 Å². The first-order chi connectivity index (χ1) is 26.3. The number of ether oxygens (including phenoxy) is 2. The zero-order chi connectivity index (χ0) is 37.2. The van der Waals surface area contributed by atoms with Gasteiger partial charge < -0.3 is 14.8 Å². The Morgan fingerprint density at radius 2 is 1.50 bits per heavy atom. The summed E-state index contributed by atoms with van der Waals surface area (Å²) in [6, 6.07) is 17.8. The van der Waals surface area contributed by atoms with Gasteiger partial charge in [-0.2, -0.15) is 5.10 Å². The van der Waals surface area contributed by atoms with Crippen molar-refractivity contribution in [3.8, 4) is 22.5 Å². The predicted octanol–water partition coefficient (Wildman–Crippen LogP) is 9.31. The number of hydrogen-bond donors (Lipinski definition) is 2. The van der Waals surface area contributed by atoms with E-state index in [2.05, 4.69) is 25.5 Å². The van der Waals surface area contributed by atoms with E-state index in [9.17, 15) is 0 Å². The summed E-state index contributed by atoms with van der Waals surface area (Å²) in [5.41, 5.74) is 8.48. The number of aryl methyl sites for hydroxylation is 1. The topological polar surface area (TPSA) is 153 Å². The van der Waals surface area contributed by atoms with Gasteiger partial charge in [0, 0.05) is 41.6 Å². The van der Waals surface area contributed by atoms with Crippen LogP contribution in [0.1, 0.15) is 44.5 Å². The van der Waals surface area contributed by atoms with Gasteiger partial charge in [0.25, 0.3) is 0 Å². The van der Waals surface area contributed by atoms with Crippen molar-refractivity contribution < 1.29 is 9.47 Å². The molecule has 8 heterocycles. The van der Waals surface area contributed by atoms with Gasteiger partial charge in [-0.05, 0) is 100 Å². The van der Waals surface area contributed by atoms with Crippen molar-refractivity contribution >= 4 is 71.0 Å². The normalized spacial score (nSPS) is 11.7. The number of aromatic nitrogens is 9. The number of pyridine rings is 5. The highest BCUT2D eigenvalue weighted by molar-refractivity contribution is 7.22. The molecule has 0 aliphatic carbocycles. The summed E-state index contributed by atoms with van der Waals surface area (Å²) in [6.07, 6.45) is 9.07. The lowest BCUT2D eigenvalue weighted by atomic mass is 10.1. The number of nitrogens with zero attached hydrogens (tertiary/aromatic N) is 9. The highest BCUT2D eigenvalue weighted by Crippen LogP contribution is 2.44. The summed E-state index contributed by atoms with van der Waals surface area (Å²) < 4.78 is 11.8. The molecule has 0 atom stereocenters. The van der Waals surface area contributed by atoms with Crippen molar-refractivity contribution in [2.24, 2.45) is 0 Å². The number of rotatable bonds is 13. The van der Waals surface area contributed by atoms with Crippen molar-refractivity contribution in [1.82, 2.24) is 45.1 Å². The van der Waals surface area contributed by atoms with Crippen molar-refractivity contribution in [2.75, 3.05) is 10.2 Å². The molecule has 0 saturated heterocycles. The van der Waals surface area contributed by atoms with Gasteiger partial charge in [-0.25, -0.2) is 29.9 Å². The number of fused-ring (bicyclic) bond motifs is 2. The van der Waals surface area contributed by atoms with Crippen LogP contribution < -0.4 is 10.2 Å². The number of anilines is 5. The first-order valence-electron chi connectivity index (χ1n) is 17.5. The average molecular weight is 756 g/mol. The molecule has 0 aromatic carbocycles. The zero-order valence-electron chi connectivity index (χ0n) is 30.3. The Kier molecular flexibility index (Phi) is 10.0. The summed E-state index contributed by atoms with van der Waals surface area (Å²) in [7, 11) is 0. The maximum absolute atomic E-state index is 6.00. The Balaban J connectivity index is 1.29. The Labute approximate surface area is 319 Å². The second-order valence-electron chi connectivity index (χ2n) is 13.1. The number of hydrogen-bond acceptors (Lipinski definition) is 14. The van der Waals surface area contributed by atoms with Gasteiger partial charge in [-0.1, -0.05) is 22.7 Å². The van der Waals surface area contributed by atoms with Gasteiger partial charge in [0.2, 0.25) is 0 Å². The summed E-state index contributed by atoms with van der Waals surface area (Å²) in [6.45, 7) is 11.0. The monoisotopic (exact) mass is 755 g/mol. The Bertz CT molecular complexity index is 2550. The van der Waals surface area contributed by atoms with Crippen molar-refractivity contribution in [3.05, 3.63) is 102 Å². The van der Waals surface area contributed by atoms with Crippen LogP contribution in [0.4, 0.5) is 27.6 Å². The molecule has 2 N–H and O–H groups in total. The van der Waals surface area contributed by atoms with E-state index in [1.54, 1.807) is 31.0 Å². The molecule has 54 heavy (non-hydrogen) atoms. The fourth-order valence-electron chi connectivity index (χ4n) is 5.71. The second-order valence-corrected chi connectivity index (χ2v) is 15.0. The fraction of sp³-hybridized carbons (Fsp3) is 0.231. The molecule has 0 fully saturated rings.